The third-order valence-electron chi connectivity index (χ3n) is 4.76. The van der Waals surface area contributed by atoms with Crippen molar-refractivity contribution in [2.75, 3.05) is 20.3 Å². The lowest BCUT2D eigenvalue weighted by atomic mass is 9.82. The molecule has 27 heavy (non-hydrogen) atoms. The number of aryl methyl sites for hydroxylation is 1. The molecule has 1 unspecified atom stereocenters. The first-order valence-electron chi connectivity index (χ1n) is 8.96. The maximum Gasteiger partial charge on any atom is 0.341 e. The van der Waals surface area contributed by atoms with Crippen molar-refractivity contribution in [1.82, 2.24) is 5.32 Å². The summed E-state index contributed by atoms with van der Waals surface area (Å²) in [4.78, 5) is 23.1. The first-order valence-corrected chi connectivity index (χ1v) is 8.96. The number of fused-ring (bicyclic) bond motifs is 1. The van der Waals surface area contributed by atoms with E-state index in [0.29, 0.717) is 17.9 Å². The lowest BCUT2D eigenvalue weighted by Crippen LogP contribution is -2.30. The van der Waals surface area contributed by atoms with Gasteiger partial charge >= 0.3 is 5.97 Å². The lowest BCUT2D eigenvalue weighted by molar-refractivity contribution is -0.139. The zero-order valence-electron chi connectivity index (χ0n) is 15.2. The lowest BCUT2D eigenvalue weighted by Gasteiger charge is -2.26. The molecule has 0 aliphatic heterocycles. The van der Waals surface area contributed by atoms with Crippen LogP contribution in [-0.2, 0) is 11.2 Å². The summed E-state index contributed by atoms with van der Waals surface area (Å²) in [7, 11) is 1.66. The van der Waals surface area contributed by atoms with Crippen molar-refractivity contribution in [3.05, 3.63) is 59.2 Å². The Morgan fingerprint density at radius 2 is 2.04 bits per heavy atom. The summed E-state index contributed by atoms with van der Waals surface area (Å²) in [6, 6.07) is 12.7. The second kappa shape index (κ2) is 8.58. The Hall–Kier alpha value is -3.02. The average Bonchev–Trinajstić information content (AvgIpc) is 2.70. The number of benzene rings is 2. The van der Waals surface area contributed by atoms with Crippen LogP contribution in [0.15, 0.2) is 42.5 Å². The molecule has 0 fully saturated rings. The van der Waals surface area contributed by atoms with Gasteiger partial charge in [0, 0.05) is 18.0 Å². The minimum absolute atomic E-state index is 0.198. The van der Waals surface area contributed by atoms with Crippen LogP contribution in [0.25, 0.3) is 0 Å². The van der Waals surface area contributed by atoms with E-state index in [1.54, 1.807) is 31.4 Å². The van der Waals surface area contributed by atoms with Gasteiger partial charge in [-0.2, -0.15) is 0 Å². The minimum atomic E-state index is -1.06. The highest BCUT2D eigenvalue weighted by molar-refractivity contribution is 5.94. The summed E-state index contributed by atoms with van der Waals surface area (Å²) in [6.07, 6.45) is 3.14. The molecular formula is C21H23NO5. The molecule has 2 aromatic carbocycles. The van der Waals surface area contributed by atoms with Crippen molar-refractivity contribution < 1.29 is 24.2 Å². The highest BCUT2D eigenvalue weighted by Crippen LogP contribution is 2.33. The molecule has 3 rings (SSSR count). The van der Waals surface area contributed by atoms with Crippen LogP contribution < -0.4 is 14.8 Å². The van der Waals surface area contributed by atoms with E-state index >= 15 is 0 Å². The van der Waals surface area contributed by atoms with Gasteiger partial charge in [0.05, 0.1) is 7.11 Å². The molecule has 0 heterocycles. The second-order valence-electron chi connectivity index (χ2n) is 6.57. The van der Waals surface area contributed by atoms with Crippen molar-refractivity contribution in [3.8, 4) is 11.5 Å². The highest BCUT2D eigenvalue weighted by Gasteiger charge is 2.21. The molecule has 0 spiro atoms. The van der Waals surface area contributed by atoms with E-state index < -0.39 is 12.6 Å². The van der Waals surface area contributed by atoms with Crippen LogP contribution in [-0.4, -0.2) is 37.2 Å². The molecule has 6 heteroatoms. The van der Waals surface area contributed by atoms with Crippen molar-refractivity contribution in [2.24, 2.45) is 0 Å². The molecular weight excluding hydrogens is 346 g/mol. The molecule has 2 aromatic rings. The molecule has 0 saturated carbocycles. The number of nitrogens with one attached hydrogen (secondary N) is 1. The van der Waals surface area contributed by atoms with Crippen molar-refractivity contribution in [1.29, 1.82) is 0 Å². The third-order valence-corrected chi connectivity index (χ3v) is 4.76. The van der Waals surface area contributed by atoms with Crippen molar-refractivity contribution in [3.63, 3.8) is 0 Å². The fourth-order valence-corrected chi connectivity index (χ4v) is 3.42. The van der Waals surface area contributed by atoms with Gasteiger partial charge in [-0.25, -0.2) is 4.79 Å². The van der Waals surface area contributed by atoms with Gasteiger partial charge in [-0.1, -0.05) is 12.1 Å². The summed E-state index contributed by atoms with van der Waals surface area (Å²) >= 11 is 0. The van der Waals surface area contributed by atoms with Gasteiger partial charge in [0.2, 0.25) is 0 Å². The smallest absolute Gasteiger partial charge is 0.341 e. The van der Waals surface area contributed by atoms with Crippen LogP contribution in [0.1, 0.15) is 40.2 Å². The quantitative estimate of drug-likeness (QED) is 0.784. The minimum Gasteiger partial charge on any atom is -0.497 e. The topological polar surface area (TPSA) is 84.9 Å². The van der Waals surface area contributed by atoms with Gasteiger partial charge in [-0.05, 0) is 60.7 Å². The molecule has 0 radical (unpaired) electrons. The fourth-order valence-electron chi connectivity index (χ4n) is 3.42. The Morgan fingerprint density at radius 3 is 2.81 bits per heavy atom. The van der Waals surface area contributed by atoms with Gasteiger partial charge in [0.15, 0.2) is 6.61 Å². The van der Waals surface area contributed by atoms with Gasteiger partial charge in [-0.15, -0.1) is 0 Å². The summed E-state index contributed by atoms with van der Waals surface area (Å²) in [5.74, 6) is 0.237. The predicted octanol–water partition coefficient (Wildman–Crippen LogP) is 3.01. The molecule has 0 aromatic heterocycles. The number of carboxylic acids is 1. The summed E-state index contributed by atoms with van der Waals surface area (Å²) < 4.78 is 10.4. The van der Waals surface area contributed by atoms with Crippen LogP contribution in [0, 0.1) is 0 Å². The molecule has 0 bridgehead atoms. The zero-order valence-corrected chi connectivity index (χ0v) is 15.2. The number of ether oxygens (including phenoxy) is 2. The number of aliphatic carboxylic acids is 1. The predicted molar refractivity (Wildman–Crippen MR) is 101 cm³/mol. The summed E-state index contributed by atoms with van der Waals surface area (Å²) in [6.45, 7) is 0.117. The van der Waals surface area contributed by atoms with E-state index in [1.165, 1.54) is 11.1 Å². The molecule has 1 aliphatic carbocycles. The largest absolute Gasteiger partial charge is 0.497 e. The number of amides is 1. The second-order valence-corrected chi connectivity index (χ2v) is 6.57. The Labute approximate surface area is 158 Å². The standard InChI is InChI=1S/C21H23NO5/c1-26-17-8-9-19-14(10-17)4-2-6-16(19)12-22-21(25)15-5-3-7-18(11-15)27-13-20(23)24/h3,5,7-11,16H,2,4,6,12-13H2,1H3,(H,22,25)(H,23,24). The number of carboxylic acid groups (broad SMARTS) is 1. The van der Waals surface area contributed by atoms with Gasteiger partial charge < -0.3 is 19.9 Å². The third kappa shape index (κ3) is 4.78. The maximum absolute atomic E-state index is 12.5. The molecule has 142 valence electrons. The highest BCUT2D eigenvalue weighted by atomic mass is 16.5. The monoisotopic (exact) mass is 369 g/mol. The Kier molecular flexibility index (Phi) is 5.96. The van der Waals surface area contributed by atoms with Gasteiger partial charge in [0.25, 0.3) is 5.91 Å². The fraction of sp³-hybridized carbons (Fsp3) is 0.333. The van der Waals surface area contributed by atoms with E-state index in [9.17, 15) is 9.59 Å². The van der Waals surface area contributed by atoms with E-state index in [4.69, 9.17) is 14.6 Å². The molecule has 1 aliphatic rings. The molecule has 1 amide bonds. The van der Waals surface area contributed by atoms with Crippen LogP contribution >= 0.6 is 0 Å². The number of hydrogen-bond acceptors (Lipinski definition) is 4. The number of rotatable bonds is 7. The van der Waals surface area contributed by atoms with Crippen LogP contribution in [0.4, 0.5) is 0 Å². The number of carbonyl (C=O) groups is 2. The van der Waals surface area contributed by atoms with E-state index in [-0.39, 0.29) is 11.8 Å². The van der Waals surface area contributed by atoms with Gasteiger partial charge in [0.1, 0.15) is 11.5 Å². The first kappa shape index (κ1) is 18.8. The Morgan fingerprint density at radius 1 is 1.19 bits per heavy atom. The molecule has 2 N–H and O–H groups in total. The van der Waals surface area contributed by atoms with Crippen LogP contribution in [0.5, 0.6) is 11.5 Å². The Bertz CT molecular complexity index is 833. The van der Waals surface area contributed by atoms with E-state index in [1.807, 2.05) is 6.07 Å². The number of hydrogen-bond donors (Lipinski definition) is 2. The van der Waals surface area contributed by atoms with E-state index in [0.717, 1.165) is 25.0 Å². The summed E-state index contributed by atoms with van der Waals surface area (Å²) in [5.41, 5.74) is 2.99. The number of methoxy groups -OCH3 is 1. The zero-order chi connectivity index (χ0) is 19.2. The van der Waals surface area contributed by atoms with E-state index in [2.05, 4.69) is 17.4 Å². The molecule has 6 nitrogen and oxygen atoms in total. The summed E-state index contributed by atoms with van der Waals surface area (Å²) in [5, 5.41) is 11.7. The van der Waals surface area contributed by atoms with Crippen LogP contribution in [0.2, 0.25) is 0 Å². The Balaban J connectivity index is 1.63. The molecule has 0 saturated heterocycles. The van der Waals surface area contributed by atoms with Crippen LogP contribution in [0.3, 0.4) is 0 Å². The van der Waals surface area contributed by atoms with Crippen molar-refractivity contribution in [2.45, 2.75) is 25.2 Å². The number of carbonyl (C=O) groups excluding carboxylic acids is 1. The van der Waals surface area contributed by atoms with Gasteiger partial charge in [-0.3, -0.25) is 4.79 Å². The normalized spacial score (nSPS) is 15.5. The van der Waals surface area contributed by atoms with Crippen molar-refractivity contribution >= 4 is 11.9 Å². The average molecular weight is 369 g/mol. The maximum atomic E-state index is 12.5. The molecule has 1 atom stereocenters. The SMILES string of the molecule is COc1ccc2c(c1)CCCC2CNC(=O)c1cccc(OCC(=O)O)c1. The first-order chi connectivity index (χ1) is 13.1.